The van der Waals surface area contributed by atoms with E-state index >= 15 is 0 Å². The Hall–Kier alpha value is -1.16. The second-order valence-electron chi connectivity index (χ2n) is 10.4. The summed E-state index contributed by atoms with van der Waals surface area (Å²) in [6, 6.07) is 0. The molecule has 0 aromatic carbocycles. The molecule has 4 nitrogen and oxygen atoms in total. The van der Waals surface area contributed by atoms with Gasteiger partial charge in [0.15, 0.2) is 5.78 Å². The van der Waals surface area contributed by atoms with Gasteiger partial charge in [0.25, 0.3) is 0 Å². The van der Waals surface area contributed by atoms with Gasteiger partial charge >= 0.3 is 5.97 Å². The highest BCUT2D eigenvalue weighted by Gasteiger charge is 2.59. The third-order valence-corrected chi connectivity index (χ3v) is 8.92. The summed E-state index contributed by atoms with van der Waals surface area (Å²) in [6.07, 6.45) is 13.8. The van der Waals surface area contributed by atoms with Crippen LogP contribution >= 0.6 is 0 Å². The molecular formula is C25H38O4. The van der Waals surface area contributed by atoms with Gasteiger partial charge in [-0.3, -0.25) is 9.59 Å². The van der Waals surface area contributed by atoms with Crippen molar-refractivity contribution in [2.75, 3.05) is 6.61 Å². The smallest absolute Gasteiger partial charge is 0.302 e. The summed E-state index contributed by atoms with van der Waals surface area (Å²) in [5, 5.41) is 9.14. The highest BCUT2D eigenvalue weighted by molar-refractivity contribution is 5.91. The number of ether oxygens (including phenoxy) is 1. The monoisotopic (exact) mass is 402 g/mol. The molecule has 162 valence electrons. The Morgan fingerprint density at radius 2 is 2.03 bits per heavy atom. The van der Waals surface area contributed by atoms with Crippen LogP contribution in [0.2, 0.25) is 0 Å². The lowest BCUT2D eigenvalue weighted by atomic mass is 9.49. The minimum atomic E-state index is -0.140. The summed E-state index contributed by atoms with van der Waals surface area (Å²) in [7, 11) is 0. The minimum absolute atomic E-state index is 0.0749. The largest absolute Gasteiger partial charge is 0.462 e. The van der Waals surface area contributed by atoms with Crippen LogP contribution in [-0.4, -0.2) is 29.6 Å². The maximum atomic E-state index is 12.1. The molecule has 0 bridgehead atoms. The van der Waals surface area contributed by atoms with Crippen LogP contribution in [0.5, 0.6) is 0 Å². The van der Waals surface area contributed by atoms with Gasteiger partial charge in [0.2, 0.25) is 0 Å². The van der Waals surface area contributed by atoms with E-state index in [9.17, 15) is 9.59 Å². The maximum Gasteiger partial charge on any atom is 0.302 e. The van der Waals surface area contributed by atoms with Crippen LogP contribution in [0.1, 0.15) is 84.5 Å². The molecule has 0 spiro atoms. The van der Waals surface area contributed by atoms with Crippen molar-refractivity contribution in [2.45, 2.75) is 90.6 Å². The zero-order valence-electron chi connectivity index (χ0n) is 18.2. The molecule has 1 N–H and O–H groups in total. The van der Waals surface area contributed by atoms with Crippen molar-refractivity contribution in [2.24, 2.45) is 35.0 Å². The van der Waals surface area contributed by atoms with Gasteiger partial charge in [0, 0.05) is 25.4 Å². The van der Waals surface area contributed by atoms with Gasteiger partial charge in [-0.15, -0.1) is 0 Å². The molecule has 0 aromatic heterocycles. The van der Waals surface area contributed by atoms with Crippen molar-refractivity contribution in [3.63, 3.8) is 0 Å². The standard InChI is InChI=1S/C25H38O4/c1-16(27)29-23-10-9-22-24-17(6-4-3-5-13-26)14-18-15-19(28)7-8-20(18)21(24)11-12-25(22,23)2/h15,17,20-24,26H,3-14H2,1-2H3/t17-,20+,21-,22+,23-,24-,25+/m1/s1. The molecule has 0 radical (unpaired) electrons. The number of carbonyl (C=O) groups is 2. The molecule has 0 saturated heterocycles. The van der Waals surface area contributed by atoms with Gasteiger partial charge in [-0.1, -0.05) is 25.3 Å². The number of allylic oxidation sites excluding steroid dienone is 1. The summed E-state index contributed by atoms with van der Waals surface area (Å²) in [5.41, 5.74) is 1.55. The first-order valence-electron chi connectivity index (χ1n) is 12.0. The molecule has 0 heterocycles. The van der Waals surface area contributed by atoms with E-state index in [-0.39, 0.29) is 24.1 Å². The Morgan fingerprint density at radius 1 is 1.21 bits per heavy atom. The summed E-state index contributed by atoms with van der Waals surface area (Å²) in [5.74, 6) is 3.44. The third-order valence-electron chi connectivity index (χ3n) is 8.92. The quantitative estimate of drug-likeness (QED) is 0.510. The molecule has 4 aliphatic carbocycles. The second-order valence-corrected chi connectivity index (χ2v) is 10.4. The Balaban J connectivity index is 1.59. The van der Waals surface area contributed by atoms with Gasteiger partial charge < -0.3 is 9.84 Å². The van der Waals surface area contributed by atoms with Crippen molar-refractivity contribution in [1.82, 2.24) is 0 Å². The molecule has 3 saturated carbocycles. The van der Waals surface area contributed by atoms with Gasteiger partial charge in [-0.2, -0.15) is 0 Å². The van der Waals surface area contributed by atoms with Crippen molar-refractivity contribution in [1.29, 1.82) is 0 Å². The fourth-order valence-corrected chi connectivity index (χ4v) is 7.71. The lowest BCUT2D eigenvalue weighted by Gasteiger charge is -2.56. The zero-order valence-corrected chi connectivity index (χ0v) is 18.2. The van der Waals surface area contributed by atoms with Gasteiger partial charge in [0.05, 0.1) is 0 Å². The normalized spacial score (nSPS) is 41.2. The van der Waals surface area contributed by atoms with E-state index in [1.807, 2.05) is 6.08 Å². The Labute approximate surface area is 175 Å². The Bertz CT molecular complexity index is 668. The molecule has 4 rings (SSSR count). The first kappa shape index (κ1) is 21.1. The number of rotatable bonds is 6. The molecule has 3 fully saturated rings. The van der Waals surface area contributed by atoms with E-state index in [0.29, 0.717) is 35.4 Å². The van der Waals surface area contributed by atoms with E-state index in [1.54, 1.807) is 6.92 Å². The summed E-state index contributed by atoms with van der Waals surface area (Å²) in [4.78, 5) is 23.8. The van der Waals surface area contributed by atoms with E-state index in [0.717, 1.165) is 51.4 Å². The predicted octanol–water partition coefficient (Wildman–Crippen LogP) is 4.84. The van der Waals surface area contributed by atoms with Crippen molar-refractivity contribution >= 4 is 11.8 Å². The average molecular weight is 403 g/mol. The van der Waals surface area contributed by atoms with Crippen LogP contribution in [0, 0.1) is 35.0 Å². The lowest BCUT2D eigenvalue weighted by Crippen LogP contribution is -2.51. The van der Waals surface area contributed by atoms with Crippen LogP contribution in [0.4, 0.5) is 0 Å². The minimum Gasteiger partial charge on any atom is -0.462 e. The molecule has 7 atom stereocenters. The predicted molar refractivity (Wildman–Crippen MR) is 112 cm³/mol. The fourth-order valence-electron chi connectivity index (χ4n) is 7.71. The van der Waals surface area contributed by atoms with Crippen LogP contribution < -0.4 is 0 Å². The molecule has 0 aliphatic heterocycles. The number of aliphatic hydroxyl groups excluding tert-OH is 1. The van der Waals surface area contributed by atoms with Crippen LogP contribution in [0.15, 0.2) is 11.6 Å². The molecule has 0 unspecified atom stereocenters. The Kier molecular flexibility index (Phi) is 6.20. The fraction of sp³-hybridized carbons (Fsp3) is 0.840. The van der Waals surface area contributed by atoms with Crippen molar-refractivity contribution < 1.29 is 19.4 Å². The summed E-state index contributed by atoms with van der Waals surface area (Å²) < 4.78 is 5.81. The summed E-state index contributed by atoms with van der Waals surface area (Å²) >= 11 is 0. The third kappa shape index (κ3) is 3.94. The van der Waals surface area contributed by atoms with E-state index < -0.39 is 0 Å². The van der Waals surface area contributed by atoms with Crippen molar-refractivity contribution in [3.8, 4) is 0 Å². The number of carbonyl (C=O) groups excluding carboxylic acids is 2. The number of ketones is 1. The highest BCUT2D eigenvalue weighted by Crippen LogP contribution is 2.64. The summed E-state index contributed by atoms with van der Waals surface area (Å²) in [6.45, 7) is 4.21. The van der Waals surface area contributed by atoms with Crippen LogP contribution in [0.3, 0.4) is 0 Å². The van der Waals surface area contributed by atoms with Gasteiger partial charge in [-0.05, 0) is 87.0 Å². The molecule has 29 heavy (non-hydrogen) atoms. The van der Waals surface area contributed by atoms with Gasteiger partial charge in [0.1, 0.15) is 6.10 Å². The molecule has 4 aliphatic rings. The van der Waals surface area contributed by atoms with E-state index in [4.69, 9.17) is 9.84 Å². The maximum absolute atomic E-state index is 12.1. The number of hydrogen-bond acceptors (Lipinski definition) is 4. The molecule has 0 aromatic rings. The lowest BCUT2D eigenvalue weighted by molar-refractivity contribution is -0.157. The number of hydrogen-bond donors (Lipinski definition) is 1. The first-order valence-corrected chi connectivity index (χ1v) is 12.0. The number of aliphatic hydroxyl groups is 1. The van der Waals surface area contributed by atoms with E-state index in [1.165, 1.54) is 24.8 Å². The van der Waals surface area contributed by atoms with E-state index in [2.05, 4.69) is 6.92 Å². The zero-order chi connectivity index (χ0) is 20.6. The average Bonchev–Trinajstić information content (AvgIpc) is 3.00. The Morgan fingerprint density at radius 3 is 2.79 bits per heavy atom. The highest BCUT2D eigenvalue weighted by atomic mass is 16.5. The second kappa shape index (κ2) is 8.53. The molecular weight excluding hydrogens is 364 g/mol. The number of esters is 1. The number of unbranched alkanes of at least 4 members (excludes halogenated alkanes) is 2. The first-order chi connectivity index (χ1) is 13.9. The van der Waals surface area contributed by atoms with Crippen LogP contribution in [-0.2, 0) is 14.3 Å². The topological polar surface area (TPSA) is 63.6 Å². The molecule has 4 heteroatoms. The van der Waals surface area contributed by atoms with Crippen LogP contribution in [0.25, 0.3) is 0 Å². The number of fused-ring (bicyclic) bond motifs is 5. The molecule has 0 amide bonds. The van der Waals surface area contributed by atoms with Crippen molar-refractivity contribution in [3.05, 3.63) is 11.6 Å². The van der Waals surface area contributed by atoms with Gasteiger partial charge in [-0.25, -0.2) is 0 Å². The SMILES string of the molecule is CC(=O)O[C@@H]1CC[C@H]2[C@@H]3[C@H](CCCCCO)CC4=CC(=O)CC[C@@H]4[C@H]3CC[C@]12C.